The van der Waals surface area contributed by atoms with E-state index in [2.05, 4.69) is 10.2 Å². The summed E-state index contributed by atoms with van der Waals surface area (Å²) in [6.45, 7) is 4.26. The van der Waals surface area contributed by atoms with Crippen molar-refractivity contribution in [1.82, 2.24) is 14.9 Å². The summed E-state index contributed by atoms with van der Waals surface area (Å²) in [5.74, 6) is 8.64. The zero-order valence-corrected chi connectivity index (χ0v) is 16.1. The summed E-state index contributed by atoms with van der Waals surface area (Å²) >= 11 is 1.36. The summed E-state index contributed by atoms with van der Waals surface area (Å²) in [6.07, 6.45) is 0. The van der Waals surface area contributed by atoms with E-state index in [0.717, 1.165) is 11.3 Å². The van der Waals surface area contributed by atoms with Gasteiger partial charge in [0.05, 0.1) is 19.5 Å². The van der Waals surface area contributed by atoms with Crippen LogP contribution in [0.5, 0.6) is 5.75 Å². The van der Waals surface area contributed by atoms with Crippen LogP contribution in [0.15, 0.2) is 39.9 Å². The molecule has 0 spiro atoms. The van der Waals surface area contributed by atoms with Crippen molar-refractivity contribution in [2.75, 3.05) is 19.6 Å². The van der Waals surface area contributed by atoms with Gasteiger partial charge in [-0.05, 0) is 44.2 Å². The molecule has 0 fully saturated rings. The lowest BCUT2D eigenvalue weighted by molar-refractivity contribution is 0.0599. The number of ether oxygens (including phenoxy) is 2. The number of thioether (sulfide) groups is 1. The van der Waals surface area contributed by atoms with E-state index in [9.17, 15) is 4.79 Å². The average molecular weight is 388 g/mol. The largest absolute Gasteiger partial charge is 0.494 e. The van der Waals surface area contributed by atoms with Crippen LogP contribution in [0.3, 0.4) is 0 Å². The Morgan fingerprint density at radius 3 is 2.70 bits per heavy atom. The normalized spacial score (nSPS) is 10.8. The molecule has 3 aromatic rings. The fourth-order valence-electron chi connectivity index (χ4n) is 2.50. The number of nitrogens with two attached hydrogens (primary N) is 1. The number of benzene rings is 1. The van der Waals surface area contributed by atoms with Crippen molar-refractivity contribution in [2.24, 2.45) is 0 Å². The molecule has 0 aliphatic carbocycles. The number of hydrogen-bond acceptors (Lipinski definition) is 8. The van der Waals surface area contributed by atoms with E-state index in [1.54, 1.807) is 13.0 Å². The fourth-order valence-corrected chi connectivity index (χ4v) is 3.24. The Morgan fingerprint density at radius 1 is 1.30 bits per heavy atom. The van der Waals surface area contributed by atoms with Crippen LogP contribution in [0, 0.1) is 6.92 Å². The predicted molar refractivity (Wildman–Crippen MR) is 101 cm³/mol. The van der Waals surface area contributed by atoms with Crippen LogP contribution in [-0.4, -0.2) is 34.6 Å². The third-order valence-electron chi connectivity index (χ3n) is 3.81. The van der Waals surface area contributed by atoms with Crippen LogP contribution in [0.1, 0.15) is 28.8 Å². The van der Waals surface area contributed by atoms with E-state index in [0.29, 0.717) is 40.4 Å². The number of rotatable bonds is 7. The summed E-state index contributed by atoms with van der Waals surface area (Å²) in [7, 11) is 1.34. The lowest BCUT2D eigenvalue weighted by atomic mass is 10.2. The van der Waals surface area contributed by atoms with Gasteiger partial charge in [0.2, 0.25) is 5.16 Å². The Morgan fingerprint density at radius 2 is 2.04 bits per heavy atom. The smallest absolute Gasteiger partial charge is 0.341 e. The van der Waals surface area contributed by atoms with E-state index in [4.69, 9.17) is 19.7 Å². The molecule has 0 amide bonds. The molecule has 8 nitrogen and oxygen atoms in total. The molecule has 0 radical (unpaired) electrons. The molecule has 142 valence electrons. The quantitative estimate of drug-likeness (QED) is 0.374. The van der Waals surface area contributed by atoms with Crippen molar-refractivity contribution in [3.63, 3.8) is 0 Å². The zero-order chi connectivity index (χ0) is 19.4. The fraction of sp³-hybridized carbons (Fsp3) is 0.278. The SMILES string of the molecule is CCOc1ccc(-c2nnc(SCc3cc(C(=O)OC)c(C)o3)n2N)cc1. The maximum Gasteiger partial charge on any atom is 0.341 e. The van der Waals surface area contributed by atoms with E-state index in [-0.39, 0.29) is 0 Å². The number of nitrogen functional groups attached to an aromatic ring is 1. The minimum absolute atomic E-state index is 0.414. The molecule has 0 saturated heterocycles. The summed E-state index contributed by atoms with van der Waals surface area (Å²) in [4.78, 5) is 11.7. The second-order valence-electron chi connectivity index (χ2n) is 5.60. The van der Waals surface area contributed by atoms with Crippen LogP contribution >= 0.6 is 11.8 Å². The number of esters is 1. The van der Waals surface area contributed by atoms with Crippen molar-refractivity contribution in [3.8, 4) is 17.1 Å². The lowest BCUT2D eigenvalue weighted by Crippen LogP contribution is -2.11. The molecule has 0 aliphatic rings. The van der Waals surface area contributed by atoms with Gasteiger partial charge in [-0.25, -0.2) is 9.47 Å². The standard InChI is InChI=1S/C18H20N4O4S/c1-4-25-13-7-5-12(6-8-13)16-20-21-18(22(16)19)27-10-14-9-15(11(2)26-14)17(23)24-3/h5-9H,4,10,19H2,1-3H3. The zero-order valence-electron chi connectivity index (χ0n) is 15.3. The van der Waals surface area contributed by atoms with Gasteiger partial charge < -0.3 is 19.7 Å². The number of aryl methyl sites for hydroxylation is 1. The van der Waals surface area contributed by atoms with E-state index >= 15 is 0 Å². The van der Waals surface area contributed by atoms with Crippen molar-refractivity contribution in [3.05, 3.63) is 47.4 Å². The summed E-state index contributed by atoms with van der Waals surface area (Å²) in [6, 6.07) is 9.15. The molecule has 2 aromatic heterocycles. The molecule has 27 heavy (non-hydrogen) atoms. The first-order chi connectivity index (χ1) is 13.0. The van der Waals surface area contributed by atoms with Gasteiger partial charge in [-0.1, -0.05) is 11.8 Å². The van der Waals surface area contributed by atoms with Crippen molar-refractivity contribution < 1.29 is 18.7 Å². The molecule has 2 heterocycles. The summed E-state index contributed by atoms with van der Waals surface area (Å²) in [5, 5.41) is 8.83. The van der Waals surface area contributed by atoms with Gasteiger partial charge in [0.15, 0.2) is 5.82 Å². The number of hydrogen-bond donors (Lipinski definition) is 1. The Balaban J connectivity index is 1.71. The topological polar surface area (TPSA) is 105 Å². The molecule has 0 saturated carbocycles. The molecule has 2 N–H and O–H groups in total. The Hall–Kier alpha value is -2.94. The highest BCUT2D eigenvalue weighted by molar-refractivity contribution is 7.98. The molecule has 9 heteroatoms. The first kappa shape index (κ1) is 18.8. The van der Waals surface area contributed by atoms with E-state index in [1.807, 2.05) is 31.2 Å². The van der Waals surface area contributed by atoms with Crippen LogP contribution in [0.4, 0.5) is 0 Å². The maximum atomic E-state index is 11.7. The first-order valence-corrected chi connectivity index (χ1v) is 9.26. The summed E-state index contributed by atoms with van der Waals surface area (Å²) < 4.78 is 17.2. The second-order valence-corrected chi connectivity index (χ2v) is 6.54. The maximum absolute atomic E-state index is 11.7. The molecule has 0 atom stereocenters. The Bertz CT molecular complexity index is 933. The van der Waals surface area contributed by atoms with Crippen molar-refractivity contribution >= 4 is 17.7 Å². The third-order valence-corrected chi connectivity index (χ3v) is 4.77. The van der Waals surface area contributed by atoms with Gasteiger partial charge in [-0.15, -0.1) is 10.2 Å². The van der Waals surface area contributed by atoms with Crippen LogP contribution in [0.2, 0.25) is 0 Å². The van der Waals surface area contributed by atoms with Gasteiger partial charge in [-0.3, -0.25) is 0 Å². The van der Waals surface area contributed by atoms with E-state index < -0.39 is 5.97 Å². The lowest BCUT2D eigenvalue weighted by Gasteiger charge is -2.05. The molecule has 3 rings (SSSR count). The minimum Gasteiger partial charge on any atom is -0.494 e. The Kier molecular flexibility index (Phi) is 5.70. The highest BCUT2D eigenvalue weighted by Crippen LogP contribution is 2.27. The van der Waals surface area contributed by atoms with Gasteiger partial charge in [0.25, 0.3) is 0 Å². The minimum atomic E-state index is -0.424. The molecular weight excluding hydrogens is 368 g/mol. The van der Waals surface area contributed by atoms with Gasteiger partial charge in [0, 0.05) is 5.56 Å². The molecular formula is C18H20N4O4S. The van der Waals surface area contributed by atoms with Crippen LogP contribution in [0.25, 0.3) is 11.4 Å². The number of methoxy groups -OCH3 is 1. The number of aromatic nitrogens is 3. The third kappa shape index (κ3) is 4.08. The highest BCUT2D eigenvalue weighted by Gasteiger charge is 2.17. The highest BCUT2D eigenvalue weighted by atomic mass is 32.2. The second kappa shape index (κ2) is 8.17. The Labute approximate surface area is 160 Å². The molecule has 0 unspecified atom stereocenters. The van der Waals surface area contributed by atoms with Gasteiger partial charge in [0.1, 0.15) is 22.8 Å². The van der Waals surface area contributed by atoms with Gasteiger partial charge >= 0.3 is 5.97 Å². The van der Waals surface area contributed by atoms with Crippen molar-refractivity contribution in [2.45, 2.75) is 24.8 Å². The number of nitrogens with zero attached hydrogens (tertiary/aromatic N) is 3. The van der Waals surface area contributed by atoms with Crippen molar-refractivity contribution in [1.29, 1.82) is 0 Å². The van der Waals surface area contributed by atoms with Crippen LogP contribution < -0.4 is 10.6 Å². The van der Waals surface area contributed by atoms with Gasteiger partial charge in [-0.2, -0.15) is 0 Å². The monoisotopic (exact) mass is 388 g/mol. The average Bonchev–Trinajstić information content (AvgIpc) is 3.23. The number of furan rings is 1. The molecule has 0 bridgehead atoms. The summed E-state index contributed by atoms with van der Waals surface area (Å²) in [5.41, 5.74) is 1.25. The first-order valence-electron chi connectivity index (χ1n) is 8.27. The molecule has 1 aromatic carbocycles. The predicted octanol–water partition coefficient (Wildman–Crippen LogP) is 3.04. The molecule has 0 aliphatic heterocycles. The van der Waals surface area contributed by atoms with Crippen LogP contribution in [-0.2, 0) is 10.5 Å². The van der Waals surface area contributed by atoms with E-state index in [1.165, 1.54) is 23.5 Å². The number of carbonyl (C=O) groups is 1. The number of carbonyl (C=O) groups excluding carboxylic acids is 1.